The molecule has 6 aromatic rings. The van der Waals surface area contributed by atoms with Gasteiger partial charge in [-0.25, -0.2) is 0 Å². The molecule has 37 heavy (non-hydrogen) atoms. The predicted molar refractivity (Wildman–Crippen MR) is 151 cm³/mol. The van der Waals surface area contributed by atoms with Crippen LogP contribution in [0.2, 0.25) is 0 Å². The summed E-state index contributed by atoms with van der Waals surface area (Å²) in [5, 5.41) is 12.6. The molecule has 2 aliphatic rings. The van der Waals surface area contributed by atoms with Gasteiger partial charge in [-0.2, -0.15) is 12.1 Å². The molecule has 2 heterocycles. The quantitative estimate of drug-likeness (QED) is 0.150. The average molecular weight is 629 g/mol. The van der Waals surface area contributed by atoms with Gasteiger partial charge in [-0.05, 0) is 0 Å². The first-order chi connectivity index (χ1) is 17.2. The molecule has 5 heteroatoms. The van der Waals surface area contributed by atoms with Crippen molar-refractivity contribution in [1.82, 2.24) is 0 Å². The maximum atomic E-state index is 2.41. The molecule has 0 atom stereocenters. The van der Waals surface area contributed by atoms with E-state index in [9.17, 15) is 0 Å². The van der Waals surface area contributed by atoms with Crippen LogP contribution in [0.4, 0.5) is 0 Å². The standard InChI is InChI=1S/C12H8Si2.2C10H9.2ClH.Zr/c1-2-6-10-9(5-1)13-11-7-3-4-8-12(11)14-10;2*1-8-6-9-4-2-3-5-10(9)7-8;;;/h1-8H;2*2-7H,1H3;2*1H;/q;2*-1;;;/p-2. The Morgan fingerprint density at radius 3 is 1.16 bits per heavy atom. The third-order valence-electron chi connectivity index (χ3n) is 6.71. The van der Waals surface area contributed by atoms with Crippen LogP contribution in [-0.4, -0.2) is 10.9 Å². The predicted octanol–water partition coefficient (Wildman–Crippen LogP) is -0.950. The topological polar surface area (TPSA) is 0 Å². The molecular weight excluding hydrogens is 603 g/mol. The molecule has 0 saturated heterocycles. The Balaban J connectivity index is 0.000000131. The first kappa shape index (κ1) is 28.0. The van der Waals surface area contributed by atoms with E-state index in [-0.39, 0.29) is 56.1 Å². The summed E-state index contributed by atoms with van der Waals surface area (Å²) in [5.41, 5.74) is 2.35. The van der Waals surface area contributed by atoms with Gasteiger partial charge in [0.25, 0.3) is 0 Å². The van der Waals surface area contributed by atoms with E-state index in [1.807, 2.05) is 0 Å². The molecule has 0 N–H and O–H groups in total. The van der Waals surface area contributed by atoms with E-state index >= 15 is 0 Å². The van der Waals surface area contributed by atoms with Gasteiger partial charge < -0.3 is 24.8 Å². The first-order valence-electron chi connectivity index (χ1n) is 12.1. The van der Waals surface area contributed by atoms with Crippen LogP contribution in [0, 0.1) is 13.8 Å². The van der Waals surface area contributed by atoms with E-state index < -0.39 is 0 Å². The van der Waals surface area contributed by atoms with Crippen molar-refractivity contribution in [3.8, 4) is 0 Å². The van der Waals surface area contributed by atoms with Crippen molar-refractivity contribution in [2.75, 3.05) is 0 Å². The van der Waals surface area contributed by atoms with E-state index in [0.717, 1.165) is 0 Å². The normalized spacial score (nSPS) is 11.5. The first-order valence-corrected chi connectivity index (χ1v) is 22.5. The van der Waals surface area contributed by atoms with Gasteiger partial charge in [0.1, 0.15) is 0 Å². The number of fused-ring (bicyclic) bond motifs is 8. The minimum atomic E-state index is -0.176. The molecule has 2 aliphatic heterocycles. The zero-order valence-corrected chi connectivity index (χ0v) is 26.8. The molecule has 0 amide bonds. The number of halogens is 2. The van der Waals surface area contributed by atoms with Gasteiger partial charge in [0.15, 0.2) is 0 Å². The minimum absolute atomic E-state index is 0. The number of hydrogen-bond acceptors (Lipinski definition) is 0. The van der Waals surface area contributed by atoms with Gasteiger partial charge in [0.2, 0.25) is 0 Å². The molecule has 0 nitrogen and oxygen atoms in total. The number of benzene rings is 4. The van der Waals surface area contributed by atoms with Crippen LogP contribution >= 0.6 is 0 Å². The molecule has 6 aromatic carbocycles. The summed E-state index contributed by atoms with van der Waals surface area (Å²) in [4.78, 5) is 0. The Labute approximate surface area is 242 Å². The number of hydrogen-bond donors (Lipinski definition) is 0. The Hall–Kier alpha value is -2.00. The van der Waals surface area contributed by atoms with Gasteiger partial charge >= 0.3 is 101 Å². The van der Waals surface area contributed by atoms with Crippen molar-refractivity contribution in [2.24, 2.45) is 0 Å². The van der Waals surface area contributed by atoms with E-state index in [2.05, 4.69) is 135 Å². The fraction of sp³-hybridized carbons (Fsp3) is 0.0625. The Morgan fingerprint density at radius 2 is 0.811 bits per heavy atom. The van der Waals surface area contributed by atoms with Gasteiger partial charge in [-0.3, -0.25) is 0 Å². The summed E-state index contributed by atoms with van der Waals surface area (Å²) in [6.45, 7) is 4.25. The zero-order chi connectivity index (χ0) is 23.8. The third-order valence-corrected chi connectivity index (χ3v) is 32.1. The zero-order valence-electron chi connectivity index (χ0n) is 20.8. The van der Waals surface area contributed by atoms with E-state index in [4.69, 9.17) is 0 Å². The van der Waals surface area contributed by atoms with Crippen LogP contribution in [0.1, 0.15) is 11.1 Å². The Kier molecular flexibility index (Phi) is 9.27. The summed E-state index contributed by atoms with van der Waals surface area (Å²) in [6.07, 6.45) is 0. The van der Waals surface area contributed by atoms with Crippen molar-refractivity contribution in [2.45, 2.75) is 13.8 Å². The van der Waals surface area contributed by atoms with Crippen molar-refractivity contribution >= 4 is 53.2 Å². The summed E-state index contributed by atoms with van der Waals surface area (Å²) in [5.74, 6) is 0. The second kappa shape index (κ2) is 12.2. The van der Waals surface area contributed by atoms with Gasteiger partial charge in [0.05, 0.1) is 0 Å². The van der Waals surface area contributed by atoms with Gasteiger partial charge in [-0.15, -0.1) is 81.2 Å². The van der Waals surface area contributed by atoms with Crippen molar-refractivity contribution in [3.63, 3.8) is 0 Å². The number of aryl methyl sites for hydroxylation is 2. The Bertz CT molecular complexity index is 1530. The molecule has 0 fully saturated rings. The average Bonchev–Trinajstić information content (AvgIpc) is 3.65. The van der Waals surface area contributed by atoms with Crippen LogP contribution in [0.15, 0.2) is 121 Å². The second-order valence-electron chi connectivity index (χ2n) is 9.29. The summed E-state index contributed by atoms with van der Waals surface area (Å²) in [6, 6.07) is 44.3. The molecule has 0 saturated carbocycles. The summed E-state index contributed by atoms with van der Waals surface area (Å²) < 4.78 is 0. The molecule has 2 bridgehead atoms. The SMILES string of the molecule is Cc1cc2ccccc2[cH-]1.Cc1cc2ccccc2[cH-]1.[Cl-].[Cl-].c1ccc2c(c1)[Si]1=[Zr]=[Si]2c2ccccc21. The van der Waals surface area contributed by atoms with Crippen molar-refractivity contribution < 1.29 is 45.3 Å². The van der Waals surface area contributed by atoms with Crippen LogP contribution in [-0.2, 0) is 20.5 Å². The van der Waals surface area contributed by atoms with E-state index in [1.54, 1.807) is 20.7 Å². The van der Waals surface area contributed by atoms with E-state index in [0.29, 0.717) is 0 Å². The third kappa shape index (κ3) is 5.72. The molecular formula is C32H26Cl2Si2Zr-4. The van der Waals surface area contributed by atoms with Crippen LogP contribution in [0.5, 0.6) is 0 Å². The van der Waals surface area contributed by atoms with Crippen molar-refractivity contribution in [1.29, 1.82) is 0 Å². The van der Waals surface area contributed by atoms with Crippen molar-refractivity contribution in [3.05, 3.63) is 132 Å². The molecule has 0 spiro atoms. The molecule has 184 valence electrons. The summed E-state index contributed by atoms with van der Waals surface area (Å²) in [7, 11) is 0. The molecule has 0 unspecified atom stereocenters. The molecule has 0 radical (unpaired) electrons. The summed E-state index contributed by atoms with van der Waals surface area (Å²) >= 11 is -0.0931. The van der Waals surface area contributed by atoms with Gasteiger partial charge in [-0.1, -0.05) is 26.0 Å². The molecule has 0 aromatic heterocycles. The van der Waals surface area contributed by atoms with Crippen LogP contribution in [0.25, 0.3) is 21.5 Å². The molecule has 8 rings (SSSR count). The second-order valence-corrected chi connectivity index (χ2v) is 26.8. The number of rotatable bonds is 0. The monoisotopic (exact) mass is 626 g/mol. The van der Waals surface area contributed by atoms with Crippen LogP contribution in [0.3, 0.4) is 0 Å². The van der Waals surface area contributed by atoms with Gasteiger partial charge in [0, 0.05) is 0 Å². The fourth-order valence-electron chi connectivity index (χ4n) is 5.13. The Morgan fingerprint density at radius 1 is 0.486 bits per heavy atom. The van der Waals surface area contributed by atoms with Crippen LogP contribution < -0.4 is 45.6 Å². The van der Waals surface area contributed by atoms with E-state index in [1.165, 1.54) is 32.7 Å². The fourth-order valence-corrected chi connectivity index (χ4v) is 40.4. The maximum absolute atomic E-state index is 2.41. The molecule has 0 aliphatic carbocycles.